The molecule has 0 aromatic carbocycles. The minimum absolute atomic E-state index is 0.0174. The number of halogens is 1. The molecule has 2 heterocycles. The summed E-state index contributed by atoms with van der Waals surface area (Å²) in [6, 6.07) is 4.02. The zero-order valence-corrected chi connectivity index (χ0v) is 14.4. The van der Waals surface area contributed by atoms with E-state index in [1.165, 1.54) is 0 Å². The van der Waals surface area contributed by atoms with Gasteiger partial charge in [-0.25, -0.2) is 4.98 Å². The highest BCUT2D eigenvalue weighted by Crippen LogP contribution is 2.28. The molecule has 0 amide bonds. The molecule has 1 aromatic heterocycles. The summed E-state index contributed by atoms with van der Waals surface area (Å²) in [7, 11) is 0. The van der Waals surface area contributed by atoms with Crippen LogP contribution in [-0.4, -0.2) is 23.3 Å². The Balaban J connectivity index is 2.19. The van der Waals surface area contributed by atoms with E-state index in [1.54, 1.807) is 0 Å². The van der Waals surface area contributed by atoms with Crippen LogP contribution >= 0.6 is 11.6 Å². The molecular formula is C17H26ClNO2. The second kappa shape index (κ2) is 6.53. The van der Waals surface area contributed by atoms with Crippen LogP contribution in [0.2, 0.25) is 0 Å². The number of hydrogen-bond acceptors (Lipinski definition) is 3. The zero-order valence-electron chi connectivity index (χ0n) is 13.6. The van der Waals surface area contributed by atoms with Crippen molar-refractivity contribution in [2.75, 3.05) is 0 Å². The van der Waals surface area contributed by atoms with Crippen molar-refractivity contribution in [1.29, 1.82) is 0 Å². The minimum atomic E-state index is -0.0174. The van der Waals surface area contributed by atoms with Crippen LogP contribution in [0.15, 0.2) is 12.1 Å². The first-order chi connectivity index (χ1) is 9.77. The molecule has 1 saturated heterocycles. The van der Waals surface area contributed by atoms with Crippen molar-refractivity contribution in [2.45, 2.75) is 77.1 Å². The molecule has 1 fully saturated rings. The van der Waals surface area contributed by atoms with Gasteiger partial charge in [0.05, 0.1) is 17.9 Å². The van der Waals surface area contributed by atoms with Crippen molar-refractivity contribution in [3.8, 4) is 5.88 Å². The van der Waals surface area contributed by atoms with Gasteiger partial charge in [0.1, 0.15) is 6.10 Å². The highest BCUT2D eigenvalue weighted by molar-refractivity contribution is 6.17. The number of aromatic nitrogens is 1. The number of alkyl halides is 1. The first-order valence-electron chi connectivity index (χ1n) is 7.67. The van der Waals surface area contributed by atoms with Crippen LogP contribution in [0.1, 0.15) is 58.7 Å². The summed E-state index contributed by atoms with van der Waals surface area (Å²) >= 11 is 6.01. The van der Waals surface area contributed by atoms with Gasteiger partial charge in [0.15, 0.2) is 0 Å². The first-order valence-corrected chi connectivity index (χ1v) is 8.21. The number of ether oxygens (including phenoxy) is 2. The minimum Gasteiger partial charge on any atom is -0.474 e. The molecule has 0 N–H and O–H groups in total. The molecule has 2 atom stereocenters. The van der Waals surface area contributed by atoms with Gasteiger partial charge in [-0.3, -0.25) is 0 Å². The third kappa shape index (κ3) is 4.58. The van der Waals surface area contributed by atoms with E-state index in [1.807, 2.05) is 6.07 Å². The van der Waals surface area contributed by atoms with Crippen molar-refractivity contribution >= 4 is 11.6 Å². The molecule has 21 heavy (non-hydrogen) atoms. The molecule has 0 aliphatic carbocycles. The van der Waals surface area contributed by atoms with Crippen LogP contribution < -0.4 is 4.74 Å². The summed E-state index contributed by atoms with van der Waals surface area (Å²) in [4.78, 5) is 4.68. The smallest absolute Gasteiger partial charge is 0.214 e. The predicted octanol–water partition coefficient (Wildman–Crippen LogP) is 4.45. The van der Waals surface area contributed by atoms with Crippen LogP contribution in [0.25, 0.3) is 0 Å². The summed E-state index contributed by atoms with van der Waals surface area (Å²) in [5.74, 6) is 1.16. The number of hydrogen-bond donors (Lipinski definition) is 0. The third-order valence-corrected chi connectivity index (χ3v) is 4.03. The van der Waals surface area contributed by atoms with Gasteiger partial charge in [-0.1, -0.05) is 20.8 Å². The first kappa shape index (κ1) is 16.6. The van der Waals surface area contributed by atoms with E-state index in [0.717, 1.165) is 24.1 Å². The molecule has 1 aliphatic rings. The van der Waals surface area contributed by atoms with Crippen molar-refractivity contribution in [2.24, 2.45) is 0 Å². The van der Waals surface area contributed by atoms with E-state index in [9.17, 15) is 0 Å². The monoisotopic (exact) mass is 311 g/mol. The van der Waals surface area contributed by atoms with Gasteiger partial charge in [0.2, 0.25) is 5.88 Å². The Morgan fingerprint density at radius 3 is 2.38 bits per heavy atom. The average Bonchev–Trinajstić information content (AvgIpc) is 2.36. The summed E-state index contributed by atoms with van der Waals surface area (Å²) in [6.07, 6.45) is 2.44. The van der Waals surface area contributed by atoms with Crippen LogP contribution in [0.5, 0.6) is 5.88 Å². The van der Waals surface area contributed by atoms with Crippen LogP contribution in [0, 0.1) is 0 Å². The molecule has 1 aliphatic heterocycles. The van der Waals surface area contributed by atoms with E-state index in [4.69, 9.17) is 21.1 Å². The zero-order chi connectivity index (χ0) is 15.6. The average molecular weight is 312 g/mol. The lowest BCUT2D eigenvalue weighted by molar-refractivity contribution is -0.0730. The van der Waals surface area contributed by atoms with Gasteiger partial charge >= 0.3 is 0 Å². The van der Waals surface area contributed by atoms with Crippen LogP contribution in [-0.2, 0) is 16.0 Å². The topological polar surface area (TPSA) is 31.4 Å². The van der Waals surface area contributed by atoms with Gasteiger partial charge < -0.3 is 9.47 Å². The van der Waals surface area contributed by atoms with Gasteiger partial charge in [0.25, 0.3) is 0 Å². The molecule has 1 aromatic rings. The second-order valence-electron chi connectivity index (χ2n) is 7.05. The van der Waals surface area contributed by atoms with E-state index < -0.39 is 0 Å². The van der Waals surface area contributed by atoms with Gasteiger partial charge in [0, 0.05) is 30.2 Å². The van der Waals surface area contributed by atoms with Crippen molar-refractivity contribution in [3.63, 3.8) is 0 Å². The Labute approximate surface area is 133 Å². The summed E-state index contributed by atoms with van der Waals surface area (Å²) in [6.45, 7) is 10.6. The Morgan fingerprint density at radius 2 is 1.86 bits per heavy atom. The third-order valence-electron chi connectivity index (χ3n) is 3.73. The van der Waals surface area contributed by atoms with Crippen molar-refractivity contribution in [1.82, 2.24) is 4.98 Å². The SMILES string of the molecule is CC1CC(Oc2cc(CCl)cc(C(C)(C)C)n2)CC(C)O1. The van der Waals surface area contributed by atoms with E-state index in [2.05, 4.69) is 45.7 Å². The van der Waals surface area contributed by atoms with E-state index in [0.29, 0.717) is 11.8 Å². The van der Waals surface area contributed by atoms with Crippen molar-refractivity contribution < 1.29 is 9.47 Å². The fourth-order valence-corrected chi connectivity index (χ4v) is 2.85. The van der Waals surface area contributed by atoms with Crippen LogP contribution in [0.3, 0.4) is 0 Å². The summed E-state index contributed by atoms with van der Waals surface area (Å²) in [5.41, 5.74) is 2.06. The molecule has 2 rings (SSSR count). The van der Waals surface area contributed by atoms with E-state index >= 15 is 0 Å². The van der Waals surface area contributed by atoms with Crippen molar-refractivity contribution in [3.05, 3.63) is 23.4 Å². The summed E-state index contributed by atoms with van der Waals surface area (Å²) in [5, 5.41) is 0. The Bertz CT molecular complexity index is 474. The fourth-order valence-electron chi connectivity index (χ4n) is 2.69. The Morgan fingerprint density at radius 1 is 1.24 bits per heavy atom. The predicted molar refractivity (Wildman–Crippen MR) is 86.2 cm³/mol. The molecule has 0 spiro atoms. The molecule has 3 nitrogen and oxygen atoms in total. The maximum Gasteiger partial charge on any atom is 0.214 e. The highest BCUT2D eigenvalue weighted by atomic mass is 35.5. The standard InChI is InChI=1S/C17H26ClNO2/c1-11-6-14(7-12(2)20-11)21-16-9-13(10-18)8-15(19-16)17(3,4)5/h8-9,11-12,14H,6-7,10H2,1-5H3. The lowest BCUT2D eigenvalue weighted by atomic mass is 9.91. The molecule has 2 unspecified atom stereocenters. The lowest BCUT2D eigenvalue weighted by Crippen LogP contribution is -2.36. The van der Waals surface area contributed by atoms with Crippen LogP contribution in [0.4, 0.5) is 0 Å². The maximum atomic E-state index is 6.12. The number of pyridine rings is 1. The molecule has 4 heteroatoms. The van der Waals surface area contributed by atoms with Gasteiger partial charge in [-0.05, 0) is 25.5 Å². The summed E-state index contributed by atoms with van der Waals surface area (Å²) < 4.78 is 11.9. The Hall–Kier alpha value is -0.800. The number of nitrogens with zero attached hydrogens (tertiary/aromatic N) is 1. The lowest BCUT2D eigenvalue weighted by Gasteiger charge is -2.32. The molecule has 0 saturated carbocycles. The second-order valence-corrected chi connectivity index (χ2v) is 7.32. The quantitative estimate of drug-likeness (QED) is 0.773. The molecule has 0 radical (unpaired) electrons. The number of rotatable bonds is 3. The maximum absolute atomic E-state index is 6.12. The largest absolute Gasteiger partial charge is 0.474 e. The normalized spacial score (nSPS) is 26.7. The molecular weight excluding hydrogens is 286 g/mol. The Kier molecular flexibility index (Phi) is 5.15. The molecule has 118 valence electrons. The van der Waals surface area contributed by atoms with Gasteiger partial charge in [-0.15, -0.1) is 11.6 Å². The van der Waals surface area contributed by atoms with Gasteiger partial charge in [-0.2, -0.15) is 0 Å². The highest BCUT2D eigenvalue weighted by Gasteiger charge is 2.26. The fraction of sp³-hybridized carbons (Fsp3) is 0.706. The molecule has 0 bridgehead atoms. The van der Waals surface area contributed by atoms with E-state index in [-0.39, 0.29) is 23.7 Å².